The molecule has 112 valence electrons. The number of amidine groups is 1. The smallest absolute Gasteiger partial charge is 0.239 e. The van der Waals surface area contributed by atoms with Crippen molar-refractivity contribution in [3.05, 3.63) is 58.0 Å². The lowest BCUT2D eigenvalue weighted by molar-refractivity contribution is -0.124. The minimum absolute atomic E-state index is 0.0144. The molecule has 0 radical (unpaired) electrons. The van der Waals surface area contributed by atoms with Crippen molar-refractivity contribution in [3.8, 4) is 0 Å². The van der Waals surface area contributed by atoms with Gasteiger partial charge >= 0.3 is 0 Å². The van der Waals surface area contributed by atoms with Crippen LogP contribution in [0.3, 0.4) is 0 Å². The number of thioether (sulfide) groups is 1. The van der Waals surface area contributed by atoms with Gasteiger partial charge in [0, 0.05) is 4.88 Å². The quantitative estimate of drug-likeness (QED) is 0.636. The topological polar surface area (TPSA) is 45.0 Å². The van der Waals surface area contributed by atoms with Crippen molar-refractivity contribution in [3.63, 3.8) is 0 Å². The predicted octanol–water partition coefficient (Wildman–Crippen LogP) is 3.35. The van der Waals surface area contributed by atoms with Crippen LogP contribution in [0.4, 0.5) is 4.39 Å². The van der Waals surface area contributed by atoms with Crippen molar-refractivity contribution in [2.75, 3.05) is 5.75 Å². The van der Waals surface area contributed by atoms with E-state index in [1.807, 2.05) is 17.5 Å². The second kappa shape index (κ2) is 6.85. The van der Waals surface area contributed by atoms with E-state index in [1.54, 1.807) is 34.6 Å². The number of carbonyl (C=O) groups excluding carboxylic acids is 1. The third-order valence-electron chi connectivity index (χ3n) is 2.98. The average molecular weight is 333 g/mol. The van der Waals surface area contributed by atoms with Gasteiger partial charge in [-0.25, -0.2) is 4.39 Å². The maximum absolute atomic E-state index is 12.9. The zero-order valence-corrected chi connectivity index (χ0v) is 13.1. The van der Waals surface area contributed by atoms with Gasteiger partial charge in [-0.15, -0.1) is 16.4 Å². The van der Waals surface area contributed by atoms with Gasteiger partial charge < -0.3 is 0 Å². The molecule has 0 saturated carbocycles. The predicted molar refractivity (Wildman–Crippen MR) is 88.8 cm³/mol. The summed E-state index contributed by atoms with van der Waals surface area (Å²) in [6.07, 6.45) is 1.66. The first-order valence-corrected chi connectivity index (χ1v) is 8.41. The van der Waals surface area contributed by atoms with Crippen LogP contribution in [-0.4, -0.2) is 27.9 Å². The number of thiophene rings is 1. The van der Waals surface area contributed by atoms with E-state index in [2.05, 4.69) is 10.2 Å². The fourth-order valence-corrected chi connectivity index (χ4v) is 3.31. The lowest BCUT2D eigenvalue weighted by atomic mass is 10.2. The van der Waals surface area contributed by atoms with Gasteiger partial charge in [-0.05, 0) is 29.1 Å². The van der Waals surface area contributed by atoms with Crippen LogP contribution in [0.5, 0.6) is 0 Å². The van der Waals surface area contributed by atoms with E-state index < -0.39 is 0 Å². The first-order chi connectivity index (χ1) is 10.7. The zero-order chi connectivity index (χ0) is 15.4. The second-order valence-electron chi connectivity index (χ2n) is 4.54. The third-order valence-corrected chi connectivity index (χ3v) is 4.74. The fourth-order valence-electron chi connectivity index (χ4n) is 1.90. The van der Waals surface area contributed by atoms with Crippen molar-refractivity contribution in [2.45, 2.75) is 6.54 Å². The summed E-state index contributed by atoms with van der Waals surface area (Å²) in [6, 6.07) is 9.98. The van der Waals surface area contributed by atoms with Gasteiger partial charge in [0.1, 0.15) is 5.82 Å². The highest BCUT2D eigenvalue weighted by atomic mass is 32.2. The lowest BCUT2D eigenvalue weighted by Crippen LogP contribution is -2.28. The van der Waals surface area contributed by atoms with Gasteiger partial charge in [-0.2, -0.15) is 5.10 Å². The van der Waals surface area contributed by atoms with E-state index in [0.29, 0.717) is 17.5 Å². The van der Waals surface area contributed by atoms with Crippen LogP contribution in [0, 0.1) is 5.82 Å². The highest BCUT2D eigenvalue weighted by Gasteiger charge is 2.28. The van der Waals surface area contributed by atoms with Crippen LogP contribution < -0.4 is 0 Å². The molecule has 22 heavy (non-hydrogen) atoms. The first kappa shape index (κ1) is 14.9. The Labute approximate surface area is 135 Å². The molecule has 1 aliphatic rings. The molecule has 1 amide bonds. The molecule has 2 heterocycles. The van der Waals surface area contributed by atoms with Gasteiger partial charge in [0.15, 0.2) is 5.17 Å². The van der Waals surface area contributed by atoms with Gasteiger partial charge in [-0.1, -0.05) is 30.0 Å². The SMILES string of the molecule is O=C1CSC(=NN=Cc2cccs2)N1Cc1ccc(F)cc1. The van der Waals surface area contributed by atoms with Gasteiger partial charge in [0.25, 0.3) is 0 Å². The normalized spacial score (nSPS) is 17.0. The number of halogens is 1. The average Bonchev–Trinajstić information content (AvgIpc) is 3.14. The van der Waals surface area contributed by atoms with Gasteiger partial charge in [0.05, 0.1) is 18.5 Å². The molecule has 0 atom stereocenters. The molecule has 1 aliphatic heterocycles. The summed E-state index contributed by atoms with van der Waals surface area (Å²) in [5.74, 6) is 0.0499. The Morgan fingerprint density at radius 1 is 1.27 bits per heavy atom. The summed E-state index contributed by atoms with van der Waals surface area (Å²) in [5.41, 5.74) is 0.854. The van der Waals surface area contributed by atoms with Crippen molar-refractivity contribution in [1.82, 2.24) is 4.90 Å². The minimum atomic E-state index is -0.291. The molecule has 1 aromatic heterocycles. The highest BCUT2D eigenvalue weighted by Crippen LogP contribution is 2.22. The number of carbonyl (C=O) groups is 1. The Kier molecular flexibility index (Phi) is 4.65. The van der Waals surface area contributed by atoms with Crippen LogP contribution >= 0.6 is 23.1 Å². The van der Waals surface area contributed by atoms with E-state index in [1.165, 1.54) is 23.9 Å². The number of hydrogen-bond donors (Lipinski definition) is 0. The van der Waals surface area contributed by atoms with Crippen LogP contribution in [0.25, 0.3) is 0 Å². The van der Waals surface area contributed by atoms with Crippen LogP contribution in [0.15, 0.2) is 52.0 Å². The summed E-state index contributed by atoms with van der Waals surface area (Å²) in [7, 11) is 0. The largest absolute Gasteiger partial charge is 0.285 e. The summed E-state index contributed by atoms with van der Waals surface area (Å²) in [4.78, 5) is 14.5. The minimum Gasteiger partial charge on any atom is -0.285 e. The Bertz CT molecular complexity index is 711. The highest BCUT2D eigenvalue weighted by molar-refractivity contribution is 8.15. The van der Waals surface area contributed by atoms with E-state index in [4.69, 9.17) is 0 Å². The maximum Gasteiger partial charge on any atom is 0.239 e. The Morgan fingerprint density at radius 3 is 2.82 bits per heavy atom. The fraction of sp³-hybridized carbons (Fsp3) is 0.133. The van der Waals surface area contributed by atoms with Crippen molar-refractivity contribution < 1.29 is 9.18 Å². The Balaban J connectivity index is 1.73. The molecule has 0 aliphatic carbocycles. The molecule has 0 unspecified atom stereocenters. The number of rotatable bonds is 4. The molecular formula is C15H12FN3OS2. The molecule has 3 rings (SSSR count). The lowest BCUT2D eigenvalue weighted by Gasteiger charge is -2.14. The molecule has 0 N–H and O–H groups in total. The van der Waals surface area contributed by atoms with Crippen LogP contribution in [0.2, 0.25) is 0 Å². The maximum atomic E-state index is 12.9. The van der Waals surface area contributed by atoms with Crippen LogP contribution in [-0.2, 0) is 11.3 Å². The zero-order valence-electron chi connectivity index (χ0n) is 11.5. The number of nitrogens with zero attached hydrogens (tertiary/aromatic N) is 3. The molecule has 1 saturated heterocycles. The Hall–Kier alpha value is -1.99. The summed E-state index contributed by atoms with van der Waals surface area (Å²) in [6.45, 7) is 0.374. The van der Waals surface area contributed by atoms with Crippen molar-refractivity contribution in [1.29, 1.82) is 0 Å². The molecule has 1 aromatic carbocycles. The van der Waals surface area contributed by atoms with E-state index >= 15 is 0 Å². The monoisotopic (exact) mass is 333 g/mol. The summed E-state index contributed by atoms with van der Waals surface area (Å²) >= 11 is 2.93. The number of hydrogen-bond acceptors (Lipinski definition) is 5. The molecule has 1 fully saturated rings. The summed E-state index contributed by atoms with van der Waals surface area (Å²) < 4.78 is 12.9. The number of benzene rings is 1. The standard InChI is InChI=1S/C15H12FN3OS2/c16-12-5-3-11(4-6-12)9-19-14(20)10-22-15(19)18-17-8-13-2-1-7-21-13/h1-8H,9-10H2. The molecule has 0 bridgehead atoms. The molecular weight excluding hydrogens is 321 g/mol. The van der Waals surface area contributed by atoms with Crippen molar-refractivity contribution >= 4 is 40.4 Å². The first-order valence-electron chi connectivity index (χ1n) is 6.54. The molecule has 2 aromatic rings. The Morgan fingerprint density at radius 2 is 2.09 bits per heavy atom. The molecule has 7 heteroatoms. The van der Waals surface area contributed by atoms with Crippen LogP contribution in [0.1, 0.15) is 10.4 Å². The second-order valence-corrected chi connectivity index (χ2v) is 6.46. The molecule has 0 spiro atoms. The summed E-state index contributed by atoms with van der Waals surface area (Å²) in [5, 5.41) is 10.7. The number of amides is 1. The van der Waals surface area contributed by atoms with Gasteiger partial charge in [0.2, 0.25) is 5.91 Å². The van der Waals surface area contributed by atoms with E-state index in [9.17, 15) is 9.18 Å². The van der Waals surface area contributed by atoms with E-state index in [-0.39, 0.29) is 11.7 Å². The van der Waals surface area contributed by atoms with Gasteiger partial charge in [-0.3, -0.25) is 9.69 Å². The molecule has 4 nitrogen and oxygen atoms in total. The van der Waals surface area contributed by atoms with Crippen molar-refractivity contribution in [2.24, 2.45) is 10.2 Å². The third kappa shape index (κ3) is 3.61. The van der Waals surface area contributed by atoms with E-state index in [0.717, 1.165) is 10.4 Å².